The highest BCUT2D eigenvalue weighted by Gasteiger charge is 2.39. The normalized spacial score (nSPS) is 19.7. The zero-order chi connectivity index (χ0) is 15.0. The quantitative estimate of drug-likeness (QED) is 0.836. The summed E-state index contributed by atoms with van der Waals surface area (Å²) in [6.07, 6.45) is 4.53. The fourth-order valence-electron chi connectivity index (χ4n) is 2.23. The van der Waals surface area contributed by atoms with E-state index in [0.717, 1.165) is 0 Å². The van der Waals surface area contributed by atoms with Crippen LogP contribution in [0.4, 0.5) is 0 Å². The molecule has 2 rings (SSSR count). The zero-order valence-electron chi connectivity index (χ0n) is 11.8. The summed E-state index contributed by atoms with van der Waals surface area (Å²) in [6.45, 7) is 2.50. The van der Waals surface area contributed by atoms with Crippen LogP contribution in [0.5, 0.6) is 0 Å². The number of aromatic nitrogens is 2. The number of hydrogen-bond acceptors (Lipinski definition) is 5. The molecule has 0 aliphatic carbocycles. The summed E-state index contributed by atoms with van der Waals surface area (Å²) in [5, 5.41) is 9.32. The van der Waals surface area contributed by atoms with E-state index < -0.39 is 14.8 Å². The van der Waals surface area contributed by atoms with Crippen molar-refractivity contribution in [3.8, 4) is 6.07 Å². The molecule has 1 aromatic rings. The fraction of sp³-hybridized carbons (Fsp3) is 0.667. The molecule has 110 valence electrons. The average molecular weight is 314 g/mol. The Morgan fingerprint density at radius 2 is 2.05 bits per heavy atom. The van der Waals surface area contributed by atoms with E-state index in [-0.39, 0.29) is 5.03 Å². The van der Waals surface area contributed by atoms with Crippen LogP contribution in [0.25, 0.3) is 0 Å². The minimum Gasteiger partial charge on any atom is -0.337 e. The van der Waals surface area contributed by atoms with Crippen LogP contribution in [-0.4, -0.2) is 46.4 Å². The van der Waals surface area contributed by atoms with E-state index in [1.165, 1.54) is 22.3 Å². The maximum atomic E-state index is 12.5. The van der Waals surface area contributed by atoms with E-state index in [1.54, 1.807) is 18.5 Å². The van der Waals surface area contributed by atoms with Crippen LogP contribution in [0.2, 0.25) is 0 Å². The number of aryl methyl sites for hydroxylation is 2. The summed E-state index contributed by atoms with van der Waals surface area (Å²) >= 11 is 1.51. The number of piperidine rings is 1. The van der Waals surface area contributed by atoms with Gasteiger partial charge in [-0.05, 0) is 26.0 Å². The second-order valence-electron chi connectivity index (χ2n) is 4.95. The molecule has 0 amide bonds. The summed E-state index contributed by atoms with van der Waals surface area (Å²) < 4.78 is 27.7. The van der Waals surface area contributed by atoms with Gasteiger partial charge in [0.25, 0.3) is 10.0 Å². The van der Waals surface area contributed by atoms with Crippen molar-refractivity contribution in [2.75, 3.05) is 19.3 Å². The zero-order valence-corrected chi connectivity index (χ0v) is 13.5. The molecule has 0 aromatic carbocycles. The second kappa shape index (κ2) is 5.39. The maximum absolute atomic E-state index is 12.5. The number of hydrogen-bond donors (Lipinski definition) is 0. The highest BCUT2D eigenvalue weighted by molar-refractivity contribution is 8.00. The van der Waals surface area contributed by atoms with Gasteiger partial charge in [0, 0.05) is 26.3 Å². The number of thioether (sulfide) groups is 1. The van der Waals surface area contributed by atoms with Gasteiger partial charge in [0.2, 0.25) is 0 Å². The van der Waals surface area contributed by atoms with Crippen molar-refractivity contribution in [1.82, 2.24) is 13.9 Å². The number of nitrogens with zero attached hydrogens (tertiary/aromatic N) is 4. The third-order valence-corrected chi connectivity index (χ3v) is 6.87. The molecule has 1 fully saturated rings. The first-order valence-corrected chi connectivity index (χ1v) is 8.98. The Hall–Kier alpha value is -1.04. The standard InChI is InChI=1S/C12H18N4O2S2/c1-10-14-11(8-15(10)2)20(17,18)16-6-4-12(9-13,19-3)5-7-16/h8H,4-7H2,1-3H3. The van der Waals surface area contributed by atoms with Crippen LogP contribution in [0.3, 0.4) is 0 Å². The molecule has 8 heteroatoms. The van der Waals surface area contributed by atoms with E-state index in [2.05, 4.69) is 11.1 Å². The molecule has 0 N–H and O–H groups in total. The Balaban J connectivity index is 2.20. The molecule has 0 spiro atoms. The van der Waals surface area contributed by atoms with Crippen LogP contribution >= 0.6 is 11.8 Å². The van der Waals surface area contributed by atoms with Crippen molar-refractivity contribution in [1.29, 1.82) is 5.26 Å². The lowest BCUT2D eigenvalue weighted by Crippen LogP contribution is -2.44. The third kappa shape index (κ3) is 2.57. The van der Waals surface area contributed by atoms with Crippen LogP contribution in [0, 0.1) is 18.3 Å². The Morgan fingerprint density at radius 1 is 1.45 bits per heavy atom. The van der Waals surface area contributed by atoms with Crippen molar-refractivity contribution < 1.29 is 8.42 Å². The van der Waals surface area contributed by atoms with Gasteiger partial charge in [0.1, 0.15) is 10.6 Å². The molecular weight excluding hydrogens is 296 g/mol. The van der Waals surface area contributed by atoms with Gasteiger partial charge in [-0.1, -0.05) is 0 Å². The molecule has 2 heterocycles. The van der Waals surface area contributed by atoms with Crippen molar-refractivity contribution in [2.45, 2.75) is 29.5 Å². The van der Waals surface area contributed by atoms with Crippen molar-refractivity contribution in [3.63, 3.8) is 0 Å². The van der Waals surface area contributed by atoms with Crippen LogP contribution in [0.15, 0.2) is 11.2 Å². The van der Waals surface area contributed by atoms with Gasteiger partial charge in [-0.2, -0.15) is 9.57 Å². The lowest BCUT2D eigenvalue weighted by Gasteiger charge is -2.34. The van der Waals surface area contributed by atoms with Gasteiger partial charge in [-0.25, -0.2) is 13.4 Å². The minimum atomic E-state index is -3.55. The molecule has 0 atom stereocenters. The largest absolute Gasteiger partial charge is 0.337 e. The minimum absolute atomic E-state index is 0.0890. The van der Waals surface area contributed by atoms with Crippen molar-refractivity contribution >= 4 is 21.8 Å². The van der Waals surface area contributed by atoms with E-state index in [9.17, 15) is 13.7 Å². The van der Waals surface area contributed by atoms with Crippen LogP contribution in [-0.2, 0) is 17.1 Å². The summed E-state index contributed by atoms with van der Waals surface area (Å²) in [4.78, 5) is 4.10. The Kier molecular flexibility index (Phi) is 4.14. The van der Waals surface area contributed by atoms with Gasteiger partial charge >= 0.3 is 0 Å². The lowest BCUT2D eigenvalue weighted by atomic mass is 9.99. The third-order valence-electron chi connectivity index (χ3n) is 3.82. The molecule has 1 aromatic heterocycles. The molecule has 1 saturated heterocycles. The van der Waals surface area contributed by atoms with Crippen molar-refractivity contribution in [2.24, 2.45) is 7.05 Å². The van der Waals surface area contributed by atoms with Crippen LogP contribution in [0.1, 0.15) is 18.7 Å². The van der Waals surface area contributed by atoms with E-state index in [4.69, 9.17) is 0 Å². The van der Waals surface area contributed by atoms with Gasteiger partial charge < -0.3 is 4.57 Å². The summed E-state index contributed by atoms with van der Waals surface area (Å²) in [5.41, 5.74) is 0. The van der Waals surface area contributed by atoms with Crippen LogP contribution < -0.4 is 0 Å². The lowest BCUT2D eigenvalue weighted by molar-refractivity contribution is 0.326. The molecule has 6 nitrogen and oxygen atoms in total. The first kappa shape index (κ1) is 15.4. The predicted molar refractivity (Wildman–Crippen MR) is 77.8 cm³/mol. The Morgan fingerprint density at radius 3 is 2.45 bits per heavy atom. The van der Waals surface area contributed by atoms with Gasteiger partial charge in [0.05, 0.1) is 6.07 Å². The predicted octanol–water partition coefficient (Wildman–Crippen LogP) is 1.14. The molecule has 0 saturated carbocycles. The van der Waals surface area contributed by atoms with Gasteiger partial charge in [-0.15, -0.1) is 11.8 Å². The van der Waals surface area contributed by atoms with Crippen molar-refractivity contribution in [3.05, 3.63) is 12.0 Å². The summed E-state index contributed by atoms with van der Waals surface area (Å²) in [6, 6.07) is 2.31. The topological polar surface area (TPSA) is 79.0 Å². The SMILES string of the molecule is CSC1(C#N)CCN(S(=O)(=O)c2cn(C)c(C)n2)CC1. The summed E-state index contributed by atoms with van der Waals surface area (Å²) in [7, 11) is -1.78. The molecular formula is C12H18N4O2S2. The number of imidazole rings is 1. The first-order chi connectivity index (χ1) is 9.34. The fourth-order valence-corrected chi connectivity index (χ4v) is 4.38. The van der Waals surface area contributed by atoms with E-state index >= 15 is 0 Å². The van der Waals surface area contributed by atoms with E-state index in [0.29, 0.717) is 31.8 Å². The van der Waals surface area contributed by atoms with E-state index in [1.807, 2.05) is 6.26 Å². The highest BCUT2D eigenvalue weighted by Crippen LogP contribution is 2.35. The van der Waals surface area contributed by atoms with Gasteiger partial charge in [-0.3, -0.25) is 0 Å². The average Bonchev–Trinajstić information content (AvgIpc) is 2.79. The first-order valence-electron chi connectivity index (χ1n) is 6.31. The summed E-state index contributed by atoms with van der Waals surface area (Å²) in [5.74, 6) is 0.663. The molecule has 0 bridgehead atoms. The molecule has 0 unspecified atom stereocenters. The Bertz CT molecular complexity index is 617. The molecule has 1 aliphatic rings. The Labute approximate surface area is 123 Å². The molecule has 20 heavy (non-hydrogen) atoms. The molecule has 1 aliphatic heterocycles. The highest BCUT2D eigenvalue weighted by atomic mass is 32.2. The second-order valence-corrected chi connectivity index (χ2v) is 8.03. The van der Waals surface area contributed by atoms with Gasteiger partial charge in [0.15, 0.2) is 5.03 Å². The monoisotopic (exact) mass is 314 g/mol. The maximum Gasteiger partial charge on any atom is 0.262 e. The smallest absolute Gasteiger partial charge is 0.262 e. The number of nitriles is 1. The number of rotatable bonds is 3. The number of sulfonamides is 1. The molecule has 0 radical (unpaired) electrons.